The maximum Gasteiger partial charge on any atom is 0.195 e. The lowest BCUT2D eigenvalue weighted by molar-refractivity contribution is -0.149. The van der Waals surface area contributed by atoms with E-state index < -0.39 is 43.5 Å². The van der Waals surface area contributed by atoms with Crippen LogP contribution in [-0.2, 0) is 4.79 Å². The predicted molar refractivity (Wildman–Crippen MR) is 42.1 cm³/mol. The molecular formula is C7H13FO6. The molecule has 0 saturated heterocycles. The highest BCUT2D eigenvalue weighted by Gasteiger charge is 2.33. The van der Waals surface area contributed by atoms with E-state index in [0.29, 0.717) is 0 Å². The van der Waals surface area contributed by atoms with Crippen molar-refractivity contribution in [3.8, 4) is 0 Å². The van der Waals surface area contributed by atoms with E-state index in [1.807, 2.05) is 0 Å². The lowest BCUT2D eigenvalue weighted by Crippen LogP contribution is -2.47. The monoisotopic (exact) mass is 212 g/mol. The van der Waals surface area contributed by atoms with Gasteiger partial charge in [0.1, 0.15) is 31.1 Å². The average Bonchev–Trinajstić information content (AvgIpc) is 2.23. The van der Waals surface area contributed by atoms with Gasteiger partial charge in [0.15, 0.2) is 5.78 Å². The first-order valence-electron chi connectivity index (χ1n) is 3.88. The van der Waals surface area contributed by atoms with E-state index in [2.05, 4.69) is 0 Å². The van der Waals surface area contributed by atoms with E-state index in [1.54, 1.807) is 0 Å². The molecule has 0 radical (unpaired) electrons. The molecule has 0 fully saturated rings. The molecule has 0 saturated carbocycles. The molecule has 4 atom stereocenters. The van der Waals surface area contributed by atoms with Crippen LogP contribution in [0.3, 0.4) is 0 Å². The molecule has 0 rings (SSSR count). The van der Waals surface area contributed by atoms with Gasteiger partial charge in [-0.05, 0) is 0 Å². The number of aliphatic hydroxyl groups is 5. The summed E-state index contributed by atoms with van der Waals surface area (Å²) < 4.78 is 11.8. The van der Waals surface area contributed by atoms with Crippen LogP contribution in [0.2, 0.25) is 0 Å². The normalized spacial score (nSPS) is 19.9. The summed E-state index contributed by atoms with van der Waals surface area (Å²) in [5, 5.41) is 43.7. The molecule has 5 N–H and O–H groups in total. The van der Waals surface area contributed by atoms with E-state index in [4.69, 9.17) is 25.5 Å². The summed E-state index contributed by atoms with van der Waals surface area (Å²) in [5.41, 5.74) is 0. The van der Waals surface area contributed by atoms with Gasteiger partial charge in [-0.15, -0.1) is 0 Å². The zero-order valence-electron chi connectivity index (χ0n) is 7.25. The summed E-state index contributed by atoms with van der Waals surface area (Å²) >= 11 is 0. The summed E-state index contributed by atoms with van der Waals surface area (Å²) in [7, 11) is 0. The van der Waals surface area contributed by atoms with Crippen molar-refractivity contribution >= 4 is 5.78 Å². The Bertz CT molecular complexity index is 169. The van der Waals surface area contributed by atoms with Crippen LogP contribution in [0.5, 0.6) is 0 Å². The van der Waals surface area contributed by atoms with Crippen LogP contribution >= 0.6 is 0 Å². The third kappa shape index (κ3) is 3.28. The van der Waals surface area contributed by atoms with Gasteiger partial charge in [0, 0.05) is 0 Å². The first-order valence-corrected chi connectivity index (χ1v) is 3.88. The molecule has 0 aromatic rings. The second kappa shape index (κ2) is 5.99. The topological polar surface area (TPSA) is 118 Å². The maximum absolute atomic E-state index is 11.8. The number of carbonyl (C=O) groups excluding carboxylic acids is 1. The molecule has 0 amide bonds. The Morgan fingerprint density at radius 3 is 1.86 bits per heavy atom. The van der Waals surface area contributed by atoms with Gasteiger partial charge in [0.2, 0.25) is 0 Å². The highest BCUT2D eigenvalue weighted by molar-refractivity contribution is 5.88. The fraction of sp³-hybridized carbons (Fsp3) is 0.857. The molecule has 0 bridgehead atoms. The number of Topliss-reactive ketones (excluding diaryl/α,β-unsaturated/α-hetero) is 1. The Morgan fingerprint density at radius 2 is 1.50 bits per heavy atom. The molecule has 0 aliphatic heterocycles. The molecule has 6 nitrogen and oxygen atoms in total. The van der Waals surface area contributed by atoms with Crippen LogP contribution in [0.15, 0.2) is 0 Å². The van der Waals surface area contributed by atoms with Crippen LogP contribution in [0.4, 0.5) is 4.39 Å². The zero-order chi connectivity index (χ0) is 11.3. The molecule has 84 valence electrons. The van der Waals surface area contributed by atoms with Gasteiger partial charge < -0.3 is 25.5 Å². The van der Waals surface area contributed by atoms with E-state index >= 15 is 0 Å². The number of rotatable bonds is 6. The lowest BCUT2D eigenvalue weighted by Gasteiger charge is -2.19. The van der Waals surface area contributed by atoms with E-state index in [-0.39, 0.29) is 0 Å². The van der Waals surface area contributed by atoms with E-state index in [0.717, 1.165) is 0 Å². The summed E-state index contributed by atoms with van der Waals surface area (Å²) in [6.45, 7) is -2.24. The summed E-state index contributed by atoms with van der Waals surface area (Å²) in [6.07, 6.45) is -7.86. The fourth-order valence-electron chi connectivity index (χ4n) is 0.738. The molecule has 14 heavy (non-hydrogen) atoms. The van der Waals surface area contributed by atoms with Gasteiger partial charge in [0.05, 0.1) is 6.61 Å². The number of alkyl halides is 1. The smallest absolute Gasteiger partial charge is 0.195 e. The van der Waals surface area contributed by atoms with Gasteiger partial charge in [-0.3, -0.25) is 4.79 Å². The molecule has 0 aliphatic carbocycles. The first kappa shape index (κ1) is 13.4. The minimum atomic E-state index is -2.11. The molecule has 1 unspecified atom stereocenters. The van der Waals surface area contributed by atoms with Crippen molar-refractivity contribution in [3.63, 3.8) is 0 Å². The van der Waals surface area contributed by atoms with Gasteiger partial charge in [0.25, 0.3) is 0 Å². The van der Waals surface area contributed by atoms with Crippen LogP contribution in [0.25, 0.3) is 0 Å². The minimum absolute atomic E-state index is 0.884. The molecule has 0 heterocycles. The summed E-state index contributed by atoms with van der Waals surface area (Å²) in [5.74, 6) is -1.34. The third-order valence-corrected chi connectivity index (χ3v) is 1.66. The number of hydrogen-bond donors (Lipinski definition) is 5. The Morgan fingerprint density at radius 1 is 1.07 bits per heavy atom. The SMILES string of the molecule is O=C([C@@H](O)C(O)CF)[C@H](O)[C@H](O)CO. The molecule has 0 aromatic carbocycles. The molecule has 0 spiro atoms. The number of aliphatic hydroxyl groups excluding tert-OH is 5. The Hall–Kier alpha value is -0.600. The number of hydrogen-bond acceptors (Lipinski definition) is 6. The van der Waals surface area contributed by atoms with Crippen LogP contribution < -0.4 is 0 Å². The number of halogens is 1. The van der Waals surface area contributed by atoms with Crippen molar-refractivity contribution in [1.82, 2.24) is 0 Å². The van der Waals surface area contributed by atoms with Crippen molar-refractivity contribution in [2.24, 2.45) is 0 Å². The Labute approximate surface area is 79.2 Å². The second-order valence-corrected chi connectivity index (χ2v) is 2.76. The van der Waals surface area contributed by atoms with Gasteiger partial charge in [-0.25, -0.2) is 4.39 Å². The van der Waals surface area contributed by atoms with Crippen LogP contribution in [-0.4, -0.2) is 69.0 Å². The Balaban J connectivity index is 4.31. The number of carbonyl (C=O) groups is 1. The lowest BCUT2D eigenvalue weighted by atomic mass is 10.0. The highest BCUT2D eigenvalue weighted by atomic mass is 19.1. The van der Waals surface area contributed by atoms with Crippen molar-refractivity contribution in [1.29, 1.82) is 0 Å². The first-order chi connectivity index (χ1) is 6.45. The van der Waals surface area contributed by atoms with Gasteiger partial charge >= 0.3 is 0 Å². The number of ketones is 1. The van der Waals surface area contributed by atoms with Gasteiger partial charge in [-0.2, -0.15) is 0 Å². The second-order valence-electron chi connectivity index (χ2n) is 2.76. The summed E-state index contributed by atoms with van der Waals surface area (Å²) in [4.78, 5) is 10.9. The minimum Gasteiger partial charge on any atom is -0.394 e. The maximum atomic E-state index is 11.8. The van der Waals surface area contributed by atoms with Crippen molar-refractivity contribution < 1.29 is 34.7 Å². The Kier molecular flexibility index (Phi) is 5.73. The van der Waals surface area contributed by atoms with E-state index in [9.17, 15) is 9.18 Å². The highest BCUT2D eigenvalue weighted by Crippen LogP contribution is 2.03. The molecule has 0 aliphatic rings. The van der Waals surface area contributed by atoms with E-state index in [1.165, 1.54) is 0 Å². The quantitative estimate of drug-likeness (QED) is 0.319. The van der Waals surface area contributed by atoms with Crippen LogP contribution in [0.1, 0.15) is 0 Å². The predicted octanol–water partition coefficient (Wildman–Crippen LogP) is -3.04. The largest absolute Gasteiger partial charge is 0.394 e. The van der Waals surface area contributed by atoms with Gasteiger partial charge in [-0.1, -0.05) is 0 Å². The fourth-order valence-corrected chi connectivity index (χ4v) is 0.738. The zero-order valence-corrected chi connectivity index (χ0v) is 7.25. The van der Waals surface area contributed by atoms with Crippen molar-refractivity contribution in [2.75, 3.05) is 13.3 Å². The standard InChI is InChI=1S/C7H13FO6/c8-1-3(10)5(12)7(14)6(13)4(11)2-9/h3-6,9-13H,1-2H2/t3?,4-,5+,6-/m1/s1. The molecule has 7 heteroatoms. The average molecular weight is 212 g/mol. The third-order valence-electron chi connectivity index (χ3n) is 1.66. The van der Waals surface area contributed by atoms with Crippen molar-refractivity contribution in [2.45, 2.75) is 24.4 Å². The summed E-state index contributed by atoms with van der Waals surface area (Å²) in [6, 6.07) is 0. The van der Waals surface area contributed by atoms with Crippen LogP contribution in [0, 0.1) is 0 Å². The van der Waals surface area contributed by atoms with Crippen molar-refractivity contribution in [3.05, 3.63) is 0 Å². The molecular weight excluding hydrogens is 199 g/mol. The molecule has 0 aromatic heterocycles.